The average molecular weight is 306 g/mol. The number of phenols is 1. The van der Waals surface area contributed by atoms with Gasteiger partial charge in [0.2, 0.25) is 0 Å². The maximum atomic E-state index is 13.1. The topological polar surface area (TPSA) is 32.3 Å². The molecule has 2 N–H and O–H groups in total. The van der Waals surface area contributed by atoms with Gasteiger partial charge in [-0.1, -0.05) is 24.6 Å². The first-order chi connectivity index (χ1) is 9.97. The molecule has 1 aliphatic carbocycles. The summed E-state index contributed by atoms with van der Waals surface area (Å²) in [6.07, 6.45) is 0.876. The standard InChI is InChI=1S/C17H17ClFNO/c1-9-3-6-15(21)17-14(7-10(2)16(9)17)20-13-5-4-11(19)8-12(13)18/h3-6,8,10,14,20-21H,7H2,1-2H3. The fourth-order valence-electron chi connectivity index (χ4n) is 3.27. The van der Waals surface area contributed by atoms with Gasteiger partial charge in [0.25, 0.3) is 0 Å². The number of anilines is 1. The van der Waals surface area contributed by atoms with Crippen LogP contribution in [0.25, 0.3) is 0 Å². The number of nitrogens with one attached hydrogen (secondary N) is 1. The van der Waals surface area contributed by atoms with Crippen LogP contribution >= 0.6 is 11.6 Å². The molecular formula is C17H17ClFNO. The molecule has 0 aliphatic heterocycles. The Labute approximate surface area is 128 Å². The van der Waals surface area contributed by atoms with Gasteiger partial charge in [0, 0.05) is 5.56 Å². The number of halogens is 2. The first-order valence-electron chi connectivity index (χ1n) is 7.01. The van der Waals surface area contributed by atoms with Crippen LogP contribution in [0.3, 0.4) is 0 Å². The van der Waals surface area contributed by atoms with Crippen LogP contribution in [0.2, 0.25) is 5.02 Å². The van der Waals surface area contributed by atoms with Crippen molar-refractivity contribution in [3.05, 3.63) is 57.9 Å². The summed E-state index contributed by atoms with van der Waals surface area (Å²) in [5.41, 5.74) is 4.00. The molecule has 0 fully saturated rings. The minimum absolute atomic E-state index is 0.0159. The molecule has 0 saturated heterocycles. The molecule has 0 spiro atoms. The van der Waals surface area contributed by atoms with Crippen molar-refractivity contribution in [2.75, 3.05) is 5.32 Å². The van der Waals surface area contributed by atoms with Gasteiger partial charge >= 0.3 is 0 Å². The lowest BCUT2D eigenvalue weighted by Gasteiger charge is -2.18. The summed E-state index contributed by atoms with van der Waals surface area (Å²) in [5.74, 6) is 0.309. The first-order valence-corrected chi connectivity index (χ1v) is 7.39. The van der Waals surface area contributed by atoms with Gasteiger partial charge in [-0.05, 0) is 54.7 Å². The van der Waals surface area contributed by atoms with Crippen molar-refractivity contribution < 1.29 is 9.50 Å². The summed E-state index contributed by atoms with van der Waals surface area (Å²) in [5, 5.41) is 13.9. The molecule has 4 heteroatoms. The Bertz CT molecular complexity index is 701. The van der Waals surface area contributed by atoms with Crippen LogP contribution in [0.1, 0.15) is 42.0 Å². The third-order valence-electron chi connectivity index (χ3n) is 4.17. The van der Waals surface area contributed by atoms with Crippen molar-refractivity contribution in [2.24, 2.45) is 0 Å². The van der Waals surface area contributed by atoms with Crippen molar-refractivity contribution >= 4 is 17.3 Å². The number of hydrogen-bond acceptors (Lipinski definition) is 2. The third-order valence-corrected chi connectivity index (χ3v) is 4.49. The van der Waals surface area contributed by atoms with Gasteiger partial charge in [-0.25, -0.2) is 4.39 Å². The van der Waals surface area contributed by atoms with Gasteiger partial charge in [0.05, 0.1) is 16.8 Å². The Kier molecular flexibility index (Phi) is 3.54. The Hall–Kier alpha value is -1.74. The molecule has 2 aromatic rings. The second kappa shape index (κ2) is 5.23. The molecular weight excluding hydrogens is 289 g/mol. The molecule has 3 rings (SSSR count). The third kappa shape index (κ3) is 2.46. The van der Waals surface area contributed by atoms with Crippen molar-refractivity contribution in [1.82, 2.24) is 0 Å². The number of rotatable bonds is 2. The molecule has 2 nitrogen and oxygen atoms in total. The fraction of sp³-hybridized carbons (Fsp3) is 0.294. The SMILES string of the molecule is Cc1ccc(O)c2c1C(C)CC2Nc1ccc(F)cc1Cl. The van der Waals surface area contributed by atoms with E-state index in [4.69, 9.17) is 11.6 Å². The van der Waals surface area contributed by atoms with E-state index in [9.17, 15) is 9.50 Å². The normalized spacial score (nSPS) is 20.4. The molecule has 0 heterocycles. The number of aryl methyl sites for hydroxylation is 1. The molecule has 0 amide bonds. The average Bonchev–Trinajstić information content (AvgIpc) is 2.75. The maximum absolute atomic E-state index is 13.1. The van der Waals surface area contributed by atoms with Gasteiger partial charge in [-0.3, -0.25) is 0 Å². The van der Waals surface area contributed by atoms with Crippen molar-refractivity contribution in [3.63, 3.8) is 0 Å². The molecule has 1 aliphatic rings. The summed E-state index contributed by atoms with van der Waals surface area (Å²) in [4.78, 5) is 0. The number of aromatic hydroxyl groups is 1. The van der Waals surface area contributed by atoms with E-state index in [1.165, 1.54) is 23.3 Å². The zero-order valence-corrected chi connectivity index (χ0v) is 12.7. The zero-order valence-electron chi connectivity index (χ0n) is 12.0. The Balaban J connectivity index is 1.98. The highest BCUT2D eigenvalue weighted by Crippen LogP contribution is 2.47. The van der Waals surface area contributed by atoms with E-state index in [0.717, 1.165) is 12.0 Å². The Morgan fingerprint density at radius 1 is 1.24 bits per heavy atom. The van der Waals surface area contributed by atoms with Gasteiger partial charge in [0.1, 0.15) is 11.6 Å². The van der Waals surface area contributed by atoms with E-state index >= 15 is 0 Å². The minimum Gasteiger partial charge on any atom is -0.508 e. The maximum Gasteiger partial charge on any atom is 0.124 e. The highest BCUT2D eigenvalue weighted by molar-refractivity contribution is 6.33. The molecule has 2 atom stereocenters. The summed E-state index contributed by atoms with van der Waals surface area (Å²) >= 11 is 6.08. The monoisotopic (exact) mass is 305 g/mol. The Morgan fingerprint density at radius 2 is 2.00 bits per heavy atom. The van der Waals surface area contributed by atoms with E-state index in [2.05, 4.69) is 19.2 Å². The molecule has 2 aromatic carbocycles. The van der Waals surface area contributed by atoms with Crippen molar-refractivity contribution in [2.45, 2.75) is 32.2 Å². The van der Waals surface area contributed by atoms with Crippen LogP contribution < -0.4 is 5.32 Å². The highest BCUT2D eigenvalue weighted by Gasteiger charge is 2.32. The molecule has 21 heavy (non-hydrogen) atoms. The van der Waals surface area contributed by atoms with Gasteiger partial charge in [-0.2, -0.15) is 0 Å². The summed E-state index contributed by atoms with van der Waals surface area (Å²) in [7, 11) is 0. The molecule has 0 saturated carbocycles. The van der Waals surface area contributed by atoms with Crippen LogP contribution in [0.15, 0.2) is 30.3 Å². The smallest absolute Gasteiger partial charge is 0.124 e. The number of benzene rings is 2. The van der Waals surface area contributed by atoms with Crippen molar-refractivity contribution in [1.29, 1.82) is 0 Å². The van der Waals surface area contributed by atoms with E-state index in [-0.39, 0.29) is 11.9 Å². The molecule has 110 valence electrons. The zero-order chi connectivity index (χ0) is 15.1. The second-order valence-electron chi connectivity index (χ2n) is 5.69. The van der Waals surface area contributed by atoms with E-state index < -0.39 is 0 Å². The van der Waals surface area contributed by atoms with E-state index in [1.807, 2.05) is 6.07 Å². The van der Waals surface area contributed by atoms with Gasteiger partial charge in [-0.15, -0.1) is 0 Å². The van der Waals surface area contributed by atoms with Gasteiger partial charge in [0.15, 0.2) is 0 Å². The van der Waals surface area contributed by atoms with Crippen LogP contribution in [-0.4, -0.2) is 5.11 Å². The predicted octanol–water partition coefficient (Wildman–Crippen LogP) is 5.15. The lowest BCUT2D eigenvalue weighted by atomic mass is 9.97. The van der Waals surface area contributed by atoms with E-state index in [0.29, 0.717) is 22.4 Å². The molecule has 0 bridgehead atoms. The van der Waals surface area contributed by atoms with Crippen LogP contribution in [0, 0.1) is 12.7 Å². The number of hydrogen-bond donors (Lipinski definition) is 2. The highest BCUT2D eigenvalue weighted by atomic mass is 35.5. The number of phenolic OH excluding ortho intramolecular Hbond substituents is 1. The second-order valence-corrected chi connectivity index (χ2v) is 6.09. The van der Waals surface area contributed by atoms with Crippen molar-refractivity contribution in [3.8, 4) is 5.75 Å². The van der Waals surface area contributed by atoms with Crippen LogP contribution in [0.4, 0.5) is 10.1 Å². The largest absolute Gasteiger partial charge is 0.508 e. The lowest BCUT2D eigenvalue weighted by Crippen LogP contribution is -2.08. The van der Waals surface area contributed by atoms with Crippen LogP contribution in [-0.2, 0) is 0 Å². The number of fused-ring (bicyclic) bond motifs is 1. The van der Waals surface area contributed by atoms with Gasteiger partial charge < -0.3 is 10.4 Å². The lowest BCUT2D eigenvalue weighted by molar-refractivity contribution is 0.465. The molecule has 2 unspecified atom stereocenters. The fourth-order valence-corrected chi connectivity index (χ4v) is 3.49. The summed E-state index contributed by atoms with van der Waals surface area (Å²) in [6.45, 7) is 4.21. The van der Waals surface area contributed by atoms with E-state index in [1.54, 1.807) is 12.1 Å². The molecule has 0 radical (unpaired) electrons. The predicted molar refractivity (Wildman–Crippen MR) is 83.6 cm³/mol. The quantitative estimate of drug-likeness (QED) is 0.804. The Morgan fingerprint density at radius 3 is 2.71 bits per heavy atom. The summed E-state index contributed by atoms with van der Waals surface area (Å²) in [6, 6.07) is 7.96. The molecule has 0 aromatic heterocycles. The first kappa shape index (κ1) is 14.2. The minimum atomic E-state index is -0.357. The summed E-state index contributed by atoms with van der Waals surface area (Å²) < 4.78 is 13.1. The van der Waals surface area contributed by atoms with Crippen LogP contribution in [0.5, 0.6) is 5.75 Å².